The fraction of sp³-hybridized carbons (Fsp3) is 0.316. The average Bonchev–Trinajstić information content (AvgIpc) is 3.22. The predicted molar refractivity (Wildman–Crippen MR) is 95.2 cm³/mol. The summed E-state index contributed by atoms with van der Waals surface area (Å²) in [5.41, 5.74) is 3.53. The number of halogens is 1. The first-order valence-corrected chi connectivity index (χ1v) is 7.98. The number of aromatic nitrogens is 2. The van der Waals surface area contributed by atoms with Gasteiger partial charge >= 0.3 is 0 Å². The average molecular weight is 329 g/mol. The topological polar surface area (TPSA) is 27.1 Å². The largest absolute Gasteiger partial charge is 0.370 e. The Kier molecular flexibility index (Phi) is 4.69. The second-order valence-electron chi connectivity index (χ2n) is 5.92. The molecular weight excluding hydrogens is 308 g/mol. The molecule has 2 atom stereocenters. The molecule has 1 aromatic heterocycles. The summed E-state index contributed by atoms with van der Waals surface area (Å²) in [6.45, 7) is 3.08. The van der Waals surface area contributed by atoms with Crippen molar-refractivity contribution in [3.8, 4) is 0 Å². The number of nitrogens with zero attached hydrogens (tertiary/aromatic N) is 2. The van der Waals surface area contributed by atoms with Crippen LogP contribution in [0.5, 0.6) is 0 Å². The fourth-order valence-corrected chi connectivity index (χ4v) is 3.36. The summed E-state index contributed by atoms with van der Waals surface area (Å²) in [7, 11) is 0. The molecule has 1 aliphatic heterocycles. The number of para-hydroxylation sites is 2. The maximum Gasteiger partial charge on any atom is 0.139 e. The molecule has 4 rings (SSSR count). The fourth-order valence-electron chi connectivity index (χ4n) is 3.36. The van der Waals surface area contributed by atoms with E-state index < -0.39 is 0 Å². The maximum atomic E-state index is 5.91. The highest BCUT2D eigenvalue weighted by Crippen LogP contribution is 2.34. The van der Waals surface area contributed by atoms with E-state index in [1.807, 2.05) is 6.07 Å². The Morgan fingerprint density at radius 3 is 2.57 bits per heavy atom. The van der Waals surface area contributed by atoms with Gasteiger partial charge in [-0.3, -0.25) is 0 Å². The van der Waals surface area contributed by atoms with Gasteiger partial charge in [-0.1, -0.05) is 42.5 Å². The summed E-state index contributed by atoms with van der Waals surface area (Å²) in [5, 5.41) is 0. The van der Waals surface area contributed by atoms with Crippen molar-refractivity contribution < 1.29 is 4.74 Å². The van der Waals surface area contributed by atoms with E-state index >= 15 is 0 Å². The van der Waals surface area contributed by atoms with Crippen LogP contribution in [0.3, 0.4) is 0 Å². The molecule has 1 saturated heterocycles. The normalized spacial score (nSPS) is 18.7. The van der Waals surface area contributed by atoms with Gasteiger partial charge in [-0.05, 0) is 37.5 Å². The van der Waals surface area contributed by atoms with Crippen LogP contribution in [0.1, 0.15) is 43.3 Å². The lowest BCUT2D eigenvalue weighted by Gasteiger charge is -2.20. The number of imidazole rings is 1. The van der Waals surface area contributed by atoms with Crippen molar-refractivity contribution in [2.24, 2.45) is 0 Å². The Morgan fingerprint density at radius 1 is 1.09 bits per heavy atom. The molecule has 0 aliphatic carbocycles. The van der Waals surface area contributed by atoms with Gasteiger partial charge in [0.15, 0.2) is 0 Å². The van der Waals surface area contributed by atoms with Gasteiger partial charge in [0, 0.05) is 6.61 Å². The van der Waals surface area contributed by atoms with Gasteiger partial charge in [-0.2, -0.15) is 0 Å². The van der Waals surface area contributed by atoms with Gasteiger partial charge in [0.25, 0.3) is 0 Å². The van der Waals surface area contributed by atoms with Crippen LogP contribution in [0.4, 0.5) is 0 Å². The van der Waals surface area contributed by atoms with Crippen LogP contribution in [0.15, 0.2) is 54.6 Å². The van der Waals surface area contributed by atoms with E-state index in [-0.39, 0.29) is 24.6 Å². The Balaban J connectivity index is 0.00000156. The molecule has 0 bridgehead atoms. The van der Waals surface area contributed by atoms with Crippen LogP contribution in [0.2, 0.25) is 0 Å². The lowest BCUT2D eigenvalue weighted by Crippen LogP contribution is -2.13. The molecule has 2 heterocycles. The lowest BCUT2D eigenvalue weighted by atomic mass is 10.1. The SMILES string of the molecule is CC(c1ccccc1)n1c(C2CCCO2)nc2ccccc21.Cl. The molecule has 3 aromatic rings. The van der Waals surface area contributed by atoms with Crippen molar-refractivity contribution in [3.63, 3.8) is 0 Å². The molecule has 120 valence electrons. The molecule has 0 N–H and O–H groups in total. The van der Waals surface area contributed by atoms with Crippen molar-refractivity contribution in [2.45, 2.75) is 31.9 Å². The molecule has 2 unspecified atom stereocenters. The van der Waals surface area contributed by atoms with Crippen LogP contribution < -0.4 is 0 Å². The minimum atomic E-state index is 0. The summed E-state index contributed by atoms with van der Waals surface area (Å²) in [6.07, 6.45) is 2.30. The molecule has 4 heteroatoms. The number of hydrogen-bond donors (Lipinski definition) is 0. The third-order valence-electron chi connectivity index (χ3n) is 4.51. The first kappa shape index (κ1) is 16.0. The van der Waals surface area contributed by atoms with Crippen LogP contribution in [-0.2, 0) is 4.74 Å². The minimum Gasteiger partial charge on any atom is -0.370 e. The molecule has 0 radical (unpaired) electrons. The maximum absolute atomic E-state index is 5.91. The van der Waals surface area contributed by atoms with E-state index in [4.69, 9.17) is 9.72 Å². The zero-order valence-electron chi connectivity index (χ0n) is 13.2. The zero-order valence-corrected chi connectivity index (χ0v) is 14.0. The number of rotatable bonds is 3. The van der Waals surface area contributed by atoms with E-state index in [9.17, 15) is 0 Å². The second kappa shape index (κ2) is 6.73. The number of ether oxygens (including phenoxy) is 1. The van der Waals surface area contributed by atoms with Gasteiger partial charge in [0.05, 0.1) is 17.1 Å². The van der Waals surface area contributed by atoms with Crippen LogP contribution >= 0.6 is 12.4 Å². The number of benzene rings is 2. The predicted octanol–water partition coefficient (Wildman–Crippen LogP) is 4.92. The Hall–Kier alpha value is -1.84. The van der Waals surface area contributed by atoms with Gasteiger partial charge in [0.2, 0.25) is 0 Å². The lowest BCUT2D eigenvalue weighted by molar-refractivity contribution is 0.102. The molecule has 1 aliphatic rings. The van der Waals surface area contributed by atoms with Crippen LogP contribution in [-0.4, -0.2) is 16.2 Å². The minimum absolute atomic E-state index is 0. The third-order valence-corrected chi connectivity index (χ3v) is 4.51. The van der Waals surface area contributed by atoms with E-state index in [1.165, 1.54) is 11.1 Å². The monoisotopic (exact) mass is 328 g/mol. The van der Waals surface area contributed by atoms with Crippen molar-refractivity contribution >= 4 is 23.4 Å². The summed E-state index contributed by atoms with van der Waals surface area (Å²) < 4.78 is 8.26. The van der Waals surface area contributed by atoms with E-state index in [1.54, 1.807) is 0 Å². The molecular formula is C19H21ClN2O. The smallest absolute Gasteiger partial charge is 0.139 e. The van der Waals surface area contributed by atoms with Crippen molar-refractivity contribution in [2.75, 3.05) is 6.61 Å². The van der Waals surface area contributed by atoms with Crippen LogP contribution in [0.25, 0.3) is 11.0 Å². The molecule has 23 heavy (non-hydrogen) atoms. The molecule has 0 spiro atoms. The zero-order chi connectivity index (χ0) is 14.9. The number of fused-ring (bicyclic) bond motifs is 1. The highest BCUT2D eigenvalue weighted by Gasteiger charge is 2.26. The summed E-state index contributed by atoms with van der Waals surface area (Å²) in [4.78, 5) is 4.88. The highest BCUT2D eigenvalue weighted by molar-refractivity contribution is 5.85. The van der Waals surface area contributed by atoms with Crippen molar-refractivity contribution in [1.82, 2.24) is 9.55 Å². The Labute approximate surface area is 142 Å². The summed E-state index contributed by atoms with van der Waals surface area (Å²) in [6, 6.07) is 19.2. The summed E-state index contributed by atoms with van der Waals surface area (Å²) in [5.74, 6) is 1.06. The van der Waals surface area contributed by atoms with Gasteiger partial charge < -0.3 is 9.30 Å². The highest BCUT2D eigenvalue weighted by atomic mass is 35.5. The van der Waals surface area contributed by atoms with E-state index in [2.05, 4.69) is 60.0 Å². The Morgan fingerprint density at radius 2 is 1.83 bits per heavy atom. The van der Waals surface area contributed by atoms with Gasteiger partial charge in [-0.15, -0.1) is 12.4 Å². The molecule has 1 fully saturated rings. The molecule has 0 amide bonds. The van der Waals surface area contributed by atoms with Gasteiger partial charge in [-0.25, -0.2) is 4.98 Å². The Bertz CT molecular complexity index is 778. The van der Waals surface area contributed by atoms with Gasteiger partial charge in [0.1, 0.15) is 11.9 Å². The molecule has 3 nitrogen and oxygen atoms in total. The number of hydrogen-bond acceptors (Lipinski definition) is 2. The van der Waals surface area contributed by atoms with E-state index in [0.717, 1.165) is 30.8 Å². The van der Waals surface area contributed by atoms with Crippen molar-refractivity contribution in [3.05, 3.63) is 66.0 Å². The van der Waals surface area contributed by atoms with Crippen molar-refractivity contribution in [1.29, 1.82) is 0 Å². The third kappa shape index (κ3) is 2.87. The quantitative estimate of drug-likeness (QED) is 0.682. The summed E-state index contributed by atoms with van der Waals surface area (Å²) >= 11 is 0. The first-order chi connectivity index (χ1) is 10.8. The molecule has 2 aromatic carbocycles. The van der Waals surface area contributed by atoms with Crippen LogP contribution in [0, 0.1) is 0 Å². The van der Waals surface area contributed by atoms with E-state index in [0.29, 0.717) is 0 Å². The first-order valence-electron chi connectivity index (χ1n) is 7.98. The standard InChI is InChI=1S/C19H20N2O.ClH/c1-14(15-8-3-2-4-9-15)21-17-11-6-5-10-16(17)20-19(21)18-12-7-13-22-18;/h2-6,8-11,14,18H,7,12-13H2,1H3;1H. The molecule has 0 saturated carbocycles. The second-order valence-corrected chi connectivity index (χ2v) is 5.92.